The Kier molecular flexibility index (Phi) is 64.5. The second-order valence-electron chi connectivity index (χ2n) is 33.8. The molecule has 0 bridgehead atoms. The summed E-state index contributed by atoms with van der Waals surface area (Å²) in [6.07, 6.45) is 30.0. The van der Waals surface area contributed by atoms with Crippen LogP contribution in [0.3, 0.4) is 0 Å². The Morgan fingerprint density at radius 3 is 1.11 bits per heavy atom. The molecule has 1 aliphatic carbocycles. The summed E-state index contributed by atoms with van der Waals surface area (Å²) in [5, 5.41) is 102. The first-order valence-corrected chi connectivity index (χ1v) is 48.6. The lowest BCUT2D eigenvalue weighted by atomic mass is 9.84. The quantitative estimate of drug-likeness (QED) is 0.00889. The van der Waals surface area contributed by atoms with Crippen LogP contribution >= 0.6 is 7.82 Å². The highest BCUT2D eigenvalue weighted by Crippen LogP contribution is 2.49. The van der Waals surface area contributed by atoms with Gasteiger partial charge in [0.1, 0.15) is 92.6 Å². The first-order chi connectivity index (χ1) is 57.1. The fourth-order valence-electron chi connectivity index (χ4n) is 15.4. The molecule has 19 atom stereocenters. The first-order valence-electron chi connectivity index (χ1n) is 47.1. The van der Waals surface area contributed by atoms with Crippen LogP contribution in [0.25, 0.3) is 0 Å². The highest BCUT2D eigenvalue weighted by molar-refractivity contribution is 7.47. The van der Waals surface area contributed by atoms with E-state index < -0.39 is 162 Å². The van der Waals surface area contributed by atoms with E-state index in [1.165, 1.54) is 128 Å². The number of phosphoric ester groups is 1. The van der Waals surface area contributed by atoms with Crippen LogP contribution in [0.2, 0.25) is 0 Å². The number of rotatable bonds is 75. The monoisotopic (exact) mass is 1700 g/mol. The Balaban J connectivity index is 1.93. The predicted octanol–water partition coefficient (Wildman–Crippen LogP) is 17.4. The normalized spacial score (nSPS) is 25.3. The molecule has 1 saturated carbocycles. The first kappa shape index (κ1) is 109. The van der Waals surface area contributed by atoms with Gasteiger partial charge >= 0.3 is 31.7 Å². The minimum absolute atomic E-state index is 0.00754. The molecule has 3 rings (SSSR count). The summed E-state index contributed by atoms with van der Waals surface area (Å²) in [6, 6.07) is 0. The third kappa shape index (κ3) is 50.0. The lowest BCUT2D eigenvalue weighted by Crippen LogP contribution is -2.70. The summed E-state index contributed by atoms with van der Waals surface area (Å²) < 4.78 is 73.4. The molecule has 0 aromatic carbocycles. The Morgan fingerprint density at radius 1 is 0.356 bits per heavy atom. The Bertz CT molecular complexity index is 2610. The second kappa shape index (κ2) is 69.9. The standard InChI is InChI=1S/C92H167O25P/c1-6-10-14-18-22-25-28-31-33-36-39-42-45-52-58-64-76(95)109-70-74-80(99)82(101)86(105)92(113-74)116-89-87(114-78(97)66-60-54-48-47-50-56-62-71(5)61-55-49-21-17-13-9-4)83(102)84(103)88(115-91-85(104)81(100)79(98)73(67-93)112-91)90(89)117-118(106,107)110-69-72(68-108-75(94)63-57-51-44-41-38-35-30-27-24-20-16-12-8-3)111-77(96)65-59-53-46-43-40-37-34-32-29-26-23-19-15-11-7-2/h25-26,28-29,35,38,71-74,79-93,98-105H,6-24,27,30-34,36-37,39-70H2,1-5H3,(H,106,107)/b28-25-,29-26-,38-35-. The third-order valence-corrected chi connectivity index (χ3v) is 24.0. The molecule has 26 heteroatoms. The smallest absolute Gasteiger partial charge is 0.463 e. The summed E-state index contributed by atoms with van der Waals surface area (Å²) in [6.45, 7) is 7.83. The minimum atomic E-state index is -5.82. The lowest BCUT2D eigenvalue weighted by molar-refractivity contribution is -0.360. The van der Waals surface area contributed by atoms with Gasteiger partial charge in [-0.1, -0.05) is 296 Å². The van der Waals surface area contributed by atoms with Crippen LogP contribution in [0.1, 0.15) is 388 Å². The average Bonchev–Trinajstić information content (AvgIpc) is 0.754. The SMILES string of the molecule is CCCCCC/C=C\CCCCCCCCCC(=O)OCC1OC(OC2C(OC(=O)CCCCCCCCC(C)CCCCCCCC)C(O)C(O)C(OC3OC(CO)C(O)C(O)C3O)C2OP(=O)(O)OCC(COC(=O)CCCCC/C=C\CCCCCCCC)OC(=O)CCCCCCCCC/C=C\CCCCCC)C(O)C(O)C1O. The van der Waals surface area contributed by atoms with Gasteiger partial charge in [0.05, 0.1) is 13.2 Å². The van der Waals surface area contributed by atoms with Crippen LogP contribution < -0.4 is 0 Å². The summed E-state index contributed by atoms with van der Waals surface area (Å²) in [5.74, 6) is -2.37. The van der Waals surface area contributed by atoms with E-state index in [0.29, 0.717) is 44.4 Å². The van der Waals surface area contributed by atoms with Crippen molar-refractivity contribution in [1.29, 1.82) is 0 Å². The molecule has 118 heavy (non-hydrogen) atoms. The summed E-state index contributed by atoms with van der Waals surface area (Å²) in [4.78, 5) is 66.5. The molecule has 0 aromatic rings. The van der Waals surface area contributed by atoms with Crippen LogP contribution in [0, 0.1) is 5.92 Å². The molecule has 0 amide bonds. The molecule has 2 heterocycles. The average molecular weight is 1700 g/mol. The molecule has 690 valence electrons. The zero-order valence-electron chi connectivity index (χ0n) is 73.6. The minimum Gasteiger partial charge on any atom is -0.463 e. The van der Waals surface area contributed by atoms with E-state index in [0.717, 1.165) is 161 Å². The number of carbonyl (C=O) groups excluding carboxylic acids is 4. The summed E-state index contributed by atoms with van der Waals surface area (Å²) >= 11 is 0. The van der Waals surface area contributed by atoms with Gasteiger partial charge in [0.25, 0.3) is 0 Å². The van der Waals surface area contributed by atoms with Gasteiger partial charge in [-0.2, -0.15) is 0 Å². The topological polar surface area (TPSA) is 380 Å². The number of esters is 4. The van der Waals surface area contributed by atoms with Gasteiger partial charge in [0.15, 0.2) is 24.8 Å². The van der Waals surface area contributed by atoms with Crippen molar-refractivity contribution in [3.05, 3.63) is 36.5 Å². The zero-order chi connectivity index (χ0) is 86.2. The molecule has 2 aliphatic heterocycles. The van der Waals surface area contributed by atoms with Crippen molar-refractivity contribution < 1.29 is 122 Å². The van der Waals surface area contributed by atoms with Crippen LogP contribution in [0.4, 0.5) is 0 Å². The fourth-order valence-corrected chi connectivity index (χ4v) is 16.3. The molecule has 2 saturated heterocycles. The summed E-state index contributed by atoms with van der Waals surface area (Å²) in [7, 11) is -5.82. The van der Waals surface area contributed by atoms with Crippen molar-refractivity contribution in [3.63, 3.8) is 0 Å². The number of unbranched alkanes of at least 4 members (excludes halogenated alkanes) is 41. The van der Waals surface area contributed by atoms with Gasteiger partial charge < -0.3 is 88.7 Å². The molecule has 3 fully saturated rings. The number of hydrogen-bond donors (Lipinski definition) is 10. The van der Waals surface area contributed by atoms with E-state index >= 15 is 0 Å². The van der Waals surface area contributed by atoms with E-state index in [4.69, 9.17) is 46.9 Å². The zero-order valence-corrected chi connectivity index (χ0v) is 74.5. The van der Waals surface area contributed by atoms with Crippen molar-refractivity contribution in [2.45, 2.75) is 492 Å². The predicted molar refractivity (Wildman–Crippen MR) is 458 cm³/mol. The number of aliphatic hydroxyl groups is 9. The maximum atomic E-state index is 14.9. The molecule has 25 nitrogen and oxygen atoms in total. The molecule has 0 aromatic heterocycles. The molecular formula is C92H167O25P. The maximum absolute atomic E-state index is 14.9. The van der Waals surface area contributed by atoms with Crippen molar-refractivity contribution in [1.82, 2.24) is 0 Å². The highest BCUT2D eigenvalue weighted by Gasteiger charge is 2.60. The molecule has 0 radical (unpaired) electrons. The molecule has 3 aliphatic rings. The van der Waals surface area contributed by atoms with Crippen LogP contribution in [0.5, 0.6) is 0 Å². The number of carbonyl (C=O) groups is 4. The number of phosphoric acid groups is 1. The van der Waals surface area contributed by atoms with E-state index in [9.17, 15) is 74.6 Å². The van der Waals surface area contributed by atoms with Gasteiger partial charge in [-0.25, -0.2) is 4.57 Å². The highest BCUT2D eigenvalue weighted by atomic mass is 31.2. The molecule has 10 N–H and O–H groups in total. The number of ether oxygens (including phenoxy) is 8. The van der Waals surface area contributed by atoms with Crippen LogP contribution in [0.15, 0.2) is 36.5 Å². The van der Waals surface area contributed by atoms with E-state index in [-0.39, 0.29) is 25.7 Å². The van der Waals surface area contributed by atoms with Crippen molar-refractivity contribution in [2.75, 3.05) is 26.4 Å². The number of allylic oxidation sites excluding steroid dienone is 6. The molecule has 19 unspecified atom stereocenters. The Hall–Kier alpha value is -3.31. The van der Waals surface area contributed by atoms with Gasteiger partial charge in [-0.15, -0.1) is 0 Å². The van der Waals surface area contributed by atoms with E-state index in [1.54, 1.807) is 0 Å². The number of aliphatic hydroxyl groups excluding tert-OH is 9. The number of hydrogen-bond acceptors (Lipinski definition) is 24. The van der Waals surface area contributed by atoms with E-state index in [1.807, 2.05) is 0 Å². The van der Waals surface area contributed by atoms with Crippen LogP contribution in [-0.4, -0.2) is 205 Å². The Labute approximate surface area is 710 Å². The van der Waals surface area contributed by atoms with Gasteiger partial charge in [-0.3, -0.25) is 28.2 Å². The maximum Gasteiger partial charge on any atom is 0.472 e. The third-order valence-electron chi connectivity index (χ3n) is 23.0. The van der Waals surface area contributed by atoms with Crippen molar-refractivity contribution >= 4 is 31.7 Å². The van der Waals surface area contributed by atoms with Gasteiger partial charge in [-0.05, 0) is 109 Å². The second-order valence-corrected chi connectivity index (χ2v) is 35.2. The van der Waals surface area contributed by atoms with E-state index in [2.05, 4.69) is 71.1 Å². The Morgan fingerprint density at radius 2 is 0.686 bits per heavy atom. The fraction of sp³-hybridized carbons (Fsp3) is 0.891. The van der Waals surface area contributed by atoms with Crippen molar-refractivity contribution in [2.24, 2.45) is 5.92 Å². The summed E-state index contributed by atoms with van der Waals surface area (Å²) in [5.41, 5.74) is 0. The van der Waals surface area contributed by atoms with Crippen LogP contribution in [-0.2, 0) is 70.7 Å². The van der Waals surface area contributed by atoms with Gasteiger partial charge in [0.2, 0.25) is 0 Å². The molecular weight excluding hydrogens is 1540 g/mol. The largest absolute Gasteiger partial charge is 0.472 e. The molecule has 0 spiro atoms. The van der Waals surface area contributed by atoms with Crippen molar-refractivity contribution in [3.8, 4) is 0 Å². The lowest BCUT2D eigenvalue weighted by Gasteiger charge is -2.50. The van der Waals surface area contributed by atoms with Gasteiger partial charge in [0, 0.05) is 25.7 Å².